The molecule has 5 heteroatoms. The maximum absolute atomic E-state index is 13.6. The highest BCUT2D eigenvalue weighted by atomic mass is 32.2. The van der Waals surface area contributed by atoms with Crippen LogP contribution in [0.15, 0.2) is 83.8 Å². The van der Waals surface area contributed by atoms with Crippen molar-refractivity contribution >= 4 is 29.3 Å². The number of aryl methyl sites for hydroxylation is 2. The largest absolute Gasteiger partial charge is 0.353 e. The Labute approximate surface area is 206 Å². The Hall–Kier alpha value is -3.05. The number of para-hydroxylation sites is 1. The average molecular weight is 473 g/mol. The molecule has 0 aliphatic carbocycles. The summed E-state index contributed by atoms with van der Waals surface area (Å²) in [5, 5.41) is 2.68. The number of rotatable bonds is 8. The molecule has 176 valence electrons. The molecule has 1 aliphatic rings. The molecule has 4 rings (SSSR count). The van der Waals surface area contributed by atoms with Crippen molar-refractivity contribution in [3.63, 3.8) is 0 Å². The minimum atomic E-state index is -0.457. The zero-order valence-corrected chi connectivity index (χ0v) is 20.8. The number of benzene rings is 3. The van der Waals surface area contributed by atoms with Gasteiger partial charge in [0, 0.05) is 10.9 Å². The molecule has 2 amide bonds. The number of carbonyl (C=O) groups is 2. The van der Waals surface area contributed by atoms with Crippen molar-refractivity contribution < 1.29 is 9.59 Å². The summed E-state index contributed by atoms with van der Waals surface area (Å²) in [6.07, 6.45) is 1.77. The van der Waals surface area contributed by atoms with E-state index in [0.717, 1.165) is 29.0 Å². The van der Waals surface area contributed by atoms with Gasteiger partial charge < -0.3 is 10.2 Å². The Balaban J connectivity index is 1.45. The second kappa shape index (κ2) is 10.9. The highest BCUT2D eigenvalue weighted by Gasteiger charge is 2.39. The Morgan fingerprint density at radius 3 is 2.35 bits per heavy atom. The standard InChI is InChI=1S/C29H32N2O2S/c1-20-13-16-24(17-14-20)19-31-25-11-7-8-12-26(25)34-27(29(31)33)22(3)28(32)30-21(2)15-18-23-9-5-4-6-10-23/h4-14,16-17,21-22,27H,15,18-19H2,1-3H3,(H,30,32)/t21-,22+,27+/m1/s1. The highest BCUT2D eigenvalue weighted by Crippen LogP contribution is 2.42. The minimum Gasteiger partial charge on any atom is -0.353 e. The van der Waals surface area contributed by atoms with Gasteiger partial charge >= 0.3 is 0 Å². The van der Waals surface area contributed by atoms with E-state index in [1.807, 2.05) is 61.2 Å². The number of anilines is 1. The van der Waals surface area contributed by atoms with Gasteiger partial charge in [-0.2, -0.15) is 0 Å². The molecule has 4 nitrogen and oxygen atoms in total. The van der Waals surface area contributed by atoms with Gasteiger partial charge in [-0.05, 0) is 49.9 Å². The van der Waals surface area contributed by atoms with E-state index < -0.39 is 11.2 Å². The average Bonchev–Trinajstić information content (AvgIpc) is 2.85. The number of thioether (sulfide) groups is 1. The predicted octanol–water partition coefficient (Wildman–Crippen LogP) is 5.78. The lowest BCUT2D eigenvalue weighted by atomic mass is 10.0. The van der Waals surface area contributed by atoms with Crippen molar-refractivity contribution in [3.8, 4) is 0 Å². The first kappa shape index (κ1) is 24.1. The number of hydrogen-bond acceptors (Lipinski definition) is 3. The molecule has 1 heterocycles. The van der Waals surface area contributed by atoms with Crippen LogP contribution >= 0.6 is 11.8 Å². The van der Waals surface area contributed by atoms with Crippen molar-refractivity contribution in [2.24, 2.45) is 5.92 Å². The van der Waals surface area contributed by atoms with Crippen LogP contribution in [-0.4, -0.2) is 23.1 Å². The molecule has 34 heavy (non-hydrogen) atoms. The first-order chi connectivity index (χ1) is 16.4. The van der Waals surface area contributed by atoms with Crippen LogP contribution in [0.25, 0.3) is 0 Å². The Morgan fingerprint density at radius 1 is 0.941 bits per heavy atom. The number of nitrogens with zero attached hydrogens (tertiary/aromatic N) is 1. The van der Waals surface area contributed by atoms with Crippen LogP contribution in [0.4, 0.5) is 5.69 Å². The smallest absolute Gasteiger partial charge is 0.241 e. The summed E-state index contributed by atoms with van der Waals surface area (Å²) in [7, 11) is 0. The number of fused-ring (bicyclic) bond motifs is 1. The minimum absolute atomic E-state index is 0.0103. The molecule has 3 atom stereocenters. The van der Waals surface area contributed by atoms with Gasteiger partial charge in [0.1, 0.15) is 5.25 Å². The van der Waals surface area contributed by atoms with Crippen molar-refractivity contribution in [2.75, 3.05) is 4.90 Å². The molecule has 1 aliphatic heterocycles. The van der Waals surface area contributed by atoms with Crippen molar-refractivity contribution in [2.45, 2.75) is 56.3 Å². The van der Waals surface area contributed by atoms with Crippen LogP contribution in [0, 0.1) is 12.8 Å². The summed E-state index contributed by atoms with van der Waals surface area (Å²) in [5.74, 6) is -0.518. The molecule has 0 saturated carbocycles. The molecule has 1 N–H and O–H groups in total. The van der Waals surface area contributed by atoms with Gasteiger partial charge in [0.15, 0.2) is 0 Å². The molecule has 0 saturated heterocycles. The van der Waals surface area contributed by atoms with Crippen LogP contribution < -0.4 is 10.2 Å². The van der Waals surface area contributed by atoms with E-state index in [9.17, 15) is 9.59 Å². The van der Waals surface area contributed by atoms with Gasteiger partial charge in [-0.25, -0.2) is 0 Å². The third-order valence-corrected chi connectivity index (χ3v) is 7.81. The molecule has 0 unspecified atom stereocenters. The van der Waals surface area contributed by atoms with Crippen LogP contribution in [0.3, 0.4) is 0 Å². The molecule has 0 spiro atoms. The van der Waals surface area contributed by atoms with E-state index >= 15 is 0 Å². The maximum atomic E-state index is 13.6. The predicted molar refractivity (Wildman–Crippen MR) is 140 cm³/mol. The third kappa shape index (κ3) is 5.71. The van der Waals surface area contributed by atoms with Crippen molar-refractivity contribution in [3.05, 3.63) is 95.6 Å². The molecule has 0 fully saturated rings. The lowest BCUT2D eigenvalue weighted by molar-refractivity contribution is -0.128. The normalized spacial score (nSPS) is 17.1. The number of carbonyl (C=O) groups excluding carboxylic acids is 2. The summed E-state index contributed by atoms with van der Waals surface area (Å²) in [6.45, 7) is 6.45. The molecule has 0 aromatic heterocycles. The monoisotopic (exact) mass is 472 g/mol. The molecular formula is C29H32N2O2S. The fourth-order valence-corrected chi connectivity index (χ4v) is 5.49. The molecular weight excluding hydrogens is 440 g/mol. The summed E-state index contributed by atoms with van der Waals surface area (Å²) < 4.78 is 0. The van der Waals surface area contributed by atoms with Gasteiger partial charge in [-0.1, -0.05) is 79.2 Å². The fraction of sp³-hybridized carbons (Fsp3) is 0.310. The van der Waals surface area contributed by atoms with Crippen molar-refractivity contribution in [1.82, 2.24) is 5.32 Å². The topological polar surface area (TPSA) is 49.4 Å². The van der Waals surface area contributed by atoms with Gasteiger partial charge in [-0.15, -0.1) is 11.8 Å². The van der Waals surface area contributed by atoms with E-state index in [1.165, 1.54) is 22.9 Å². The van der Waals surface area contributed by atoms with E-state index in [1.54, 1.807) is 0 Å². The number of hydrogen-bond donors (Lipinski definition) is 1. The lowest BCUT2D eigenvalue weighted by Gasteiger charge is -2.36. The van der Waals surface area contributed by atoms with E-state index in [4.69, 9.17) is 0 Å². The van der Waals surface area contributed by atoms with Crippen LogP contribution in [0.2, 0.25) is 0 Å². The summed E-state index contributed by atoms with van der Waals surface area (Å²) in [4.78, 5) is 29.6. The highest BCUT2D eigenvalue weighted by molar-refractivity contribution is 8.01. The second-order valence-electron chi connectivity index (χ2n) is 9.14. The second-order valence-corrected chi connectivity index (χ2v) is 10.3. The van der Waals surface area contributed by atoms with E-state index in [0.29, 0.717) is 6.54 Å². The van der Waals surface area contributed by atoms with E-state index in [-0.39, 0.29) is 17.9 Å². The van der Waals surface area contributed by atoms with Crippen LogP contribution in [0.5, 0.6) is 0 Å². The first-order valence-electron chi connectivity index (χ1n) is 11.9. The molecule has 3 aromatic rings. The van der Waals surface area contributed by atoms with E-state index in [2.05, 4.69) is 48.6 Å². The lowest BCUT2D eigenvalue weighted by Crippen LogP contribution is -2.48. The maximum Gasteiger partial charge on any atom is 0.241 e. The van der Waals surface area contributed by atoms with Crippen LogP contribution in [0.1, 0.15) is 37.0 Å². The number of amides is 2. The molecule has 0 bridgehead atoms. The fourth-order valence-electron chi connectivity index (χ4n) is 4.21. The summed E-state index contributed by atoms with van der Waals surface area (Å²) in [5.41, 5.74) is 4.44. The molecule has 0 radical (unpaired) electrons. The SMILES string of the molecule is Cc1ccc(CN2C(=O)[C@H]([C@H](C)C(=O)N[C@H](C)CCc3ccccc3)Sc3ccccc32)cc1. The van der Waals surface area contributed by atoms with Gasteiger partial charge in [0.2, 0.25) is 11.8 Å². The van der Waals surface area contributed by atoms with Gasteiger partial charge in [0.25, 0.3) is 0 Å². The first-order valence-corrected chi connectivity index (χ1v) is 12.8. The zero-order valence-electron chi connectivity index (χ0n) is 20.0. The quantitative estimate of drug-likeness (QED) is 0.452. The Kier molecular flexibility index (Phi) is 7.73. The Bertz CT molecular complexity index is 1130. The Morgan fingerprint density at radius 2 is 1.62 bits per heavy atom. The number of nitrogens with one attached hydrogen (secondary N) is 1. The van der Waals surface area contributed by atoms with Gasteiger partial charge in [-0.3, -0.25) is 9.59 Å². The third-order valence-electron chi connectivity index (χ3n) is 6.35. The van der Waals surface area contributed by atoms with Crippen LogP contribution in [-0.2, 0) is 22.6 Å². The summed E-state index contributed by atoms with van der Waals surface area (Å²) >= 11 is 1.50. The van der Waals surface area contributed by atoms with Crippen molar-refractivity contribution in [1.29, 1.82) is 0 Å². The molecule has 3 aromatic carbocycles. The zero-order chi connectivity index (χ0) is 24.1. The summed E-state index contributed by atoms with van der Waals surface area (Å²) in [6, 6.07) is 26.5. The van der Waals surface area contributed by atoms with Gasteiger partial charge in [0.05, 0.1) is 18.2 Å².